The number of fused-ring (bicyclic) bond motifs is 1. The Bertz CT molecular complexity index is 769. The second-order valence-corrected chi connectivity index (χ2v) is 7.24. The average Bonchev–Trinajstić information content (AvgIpc) is 2.66. The van der Waals surface area contributed by atoms with Crippen molar-refractivity contribution in [3.05, 3.63) is 64.7 Å². The van der Waals surface area contributed by atoms with E-state index in [0.717, 1.165) is 24.2 Å². The lowest BCUT2D eigenvalue weighted by Crippen LogP contribution is -2.39. The molecule has 0 saturated heterocycles. The minimum absolute atomic E-state index is 0.0371. The Balaban J connectivity index is 1.66. The quantitative estimate of drug-likeness (QED) is 0.803. The summed E-state index contributed by atoms with van der Waals surface area (Å²) in [6.07, 6.45) is 4.94. The minimum atomic E-state index is -0.469. The van der Waals surface area contributed by atoms with Gasteiger partial charge in [-0.05, 0) is 80.3 Å². The van der Waals surface area contributed by atoms with Gasteiger partial charge in [-0.1, -0.05) is 37.3 Å². The number of ether oxygens (including phenoxy) is 1. The van der Waals surface area contributed by atoms with Crippen molar-refractivity contribution in [1.82, 2.24) is 5.32 Å². The highest BCUT2D eigenvalue weighted by molar-refractivity contribution is 5.81. The molecule has 1 aliphatic carbocycles. The van der Waals surface area contributed by atoms with Crippen LogP contribution in [-0.2, 0) is 17.6 Å². The van der Waals surface area contributed by atoms with Gasteiger partial charge in [0.25, 0.3) is 5.91 Å². The largest absolute Gasteiger partial charge is 0.481 e. The highest BCUT2D eigenvalue weighted by Crippen LogP contribution is 2.26. The average molecular weight is 351 g/mol. The van der Waals surface area contributed by atoms with E-state index in [0.29, 0.717) is 6.42 Å². The predicted octanol–water partition coefficient (Wildman–Crippen LogP) is 4.91. The van der Waals surface area contributed by atoms with Gasteiger partial charge in [-0.2, -0.15) is 0 Å². The van der Waals surface area contributed by atoms with E-state index in [1.165, 1.54) is 29.5 Å². The molecule has 0 bridgehead atoms. The maximum atomic E-state index is 12.7. The molecule has 26 heavy (non-hydrogen) atoms. The van der Waals surface area contributed by atoms with Gasteiger partial charge < -0.3 is 10.1 Å². The fraction of sp³-hybridized carbons (Fsp3) is 0.435. The molecule has 0 unspecified atom stereocenters. The zero-order valence-corrected chi connectivity index (χ0v) is 16.0. The second kappa shape index (κ2) is 8.39. The first-order chi connectivity index (χ1) is 12.6. The fourth-order valence-electron chi connectivity index (χ4n) is 3.73. The van der Waals surface area contributed by atoms with Gasteiger partial charge in [-0.25, -0.2) is 0 Å². The van der Waals surface area contributed by atoms with Crippen LogP contribution in [0.1, 0.15) is 61.4 Å². The number of carbonyl (C=O) groups excluding carboxylic acids is 1. The van der Waals surface area contributed by atoms with Crippen molar-refractivity contribution in [3.8, 4) is 5.75 Å². The minimum Gasteiger partial charge on any atom is -0.481 e. The molecule has 1 N–H and O–H groups in total. The van der Waals surface area contributed by atoms with Crippen LogP contribution in [0.25, 0.3) is 0 Å². The van der Waals surface area contributed by atoms with Crippen LogP contribution in [0, 0.1) is 6.92 Å². The van der Waals surface area contributed by atoms with Gasteiger partial charge in [0.05, 0.1) is 6.04 Å². The van der Waals surface area contributed by atoms with Gasteiger partial charge in [-0.3, -0.25) is 4.79 Å². The molecule has 0 spiro atoms. The Hall–Kier alpha value is -2.29. The van der Waals surface area contributed by atoms with Crippen molar-refractivity contribution in [1.29, 1.82) is 0 Å². The summed E-state index contributed by atoms with van der Waals surface area (Å²) in [7, 11) is 0. The van der Waals surface area contributed by atoms with E-state index >= 15 is 0 Å². The third kappa shape index (κ3) is 4.27. The summed E-state index contributed by atoms with van der Waals surface area (Å²) in [5.41, 5.74) is 5.13. The van der Waals surface area contributed by atoms with Crippen molar-refractivity contribution in [2.75, 3.05) is 0 Å². The lowest BCUT2D eigenvalue weighted by atomic mass is 9.92. The van der Waals surface area contributed by atoms with Crippen LogP contribution < -0.4 is 10.1 Å². The van der Waals surface area contributed by atoms with Crippen LogP contribution in [0.5, 0.6) is 5.75 Å². The molecule has 0 aromatic heterocycles. The third-order valence-corrected chi connectivity index (χ3v) is 5.28. The first-order valence-electron chi connectivity index (χ1n) is 9.73. The topological polar surface area (TPSA) is 38.3 Å². The first-order valence-corrected chi connectivity index (χ1v) is 9.73. The van der Waals surface area contributed by atoms with Crippen molar-refractivity contribution < 1.29 is 9.53 Å². The number of aryl methyl sites for hydroxylation is 3. The van der Waals surface area contributed by atoms with Crippen LogP contribution in [0.15, 0.2) is 42.5 Å². The third-order valence-electron chi connectivity index (χ3n) is 5.28. The van der Waals surface area contributed by atoms with Gasteiger partial charge in [-0.15, -0.1) is 0 Å². The van der Waals surface area contributed by atoms with Gasteiger partial charge in [0.15, 0.2) is 6.10 Å². The molecule has 3 rings (SSSR count). The van der Waals surface area contributed by atoms with E-state index < -0.39 is 6.10 Å². The monoisotopic (exact) mass is 351 g/mol. The molecular weight excluding hydrogens is 322 g/mol. The van der Waals surface area contributed by atoms with E-state index in [-0.39, 0.29) is 11.9 Å². The number of amides is 1. The van der Waals surface area contributed by atoms with E-state index in [4.69, 9.17) is 4.74 Å². The second-order valence-electron chi connectivity index (χ2n) is 7.24. The Morgan fingerprint density at radius 2 is 1.85 bits per heavy atom. The molecule has 1 amide bonds. The maximum Gasteiger partial charge on any atom is 0.261 e. The molecular formula is C23H29NO2. The molecule has 0 fully saturated rings. The summed E-state index contributed by atoms with van der Waals surface area (Å²) in [5, 5.41) is 3.11. The molecule has 3 heteroatoms. The fourth-order valence-corrected chi connectivity index (χ4v) is 3.73. The molecule has 3 nitrogen and oxygen atoms in total. The lowest BCUT2D eigenvalue weighted by molar-refractivity contribution is -0.128. The summed E-state index contributed by atoms with van der Waals surface area (Å²) in [5.74, 6) is 0.747. The van der Waals surface area contributed by atoms with E-state index in [9.17, 15) is 4.79 Å². The Labute approximate surface area is 156 Å². The summed E-state index contributed by atoms with van der Waals surface area (Å²) >= 11 is 0. The van der Waals surface area contributed by atoms with E-state index in [1.54, 1.807) is 0 Å². The summed E-state index contributed by atoms with van der Waals surface area (Å²) in [6, 6.07) is 14.4. The molecule has 138 valence electrons. The smallest absolute Gasteiger partial charge is 0.261 e. The van der Waals surface area contributed by atoms with Crippen molar-refractivity contribution >= 4 is 5.91 Å². The van der Waals surface area contributed by atoms with Crippen LogP contribution in [-0.4, -0.2) is 12.0 Å². The van der Waals surface area contributed by atoms with E-state index in [2.05, 4.69) is 36.5 Å². The molecule has 2 atom stereocenters. The van der Waals surface area contributed by atoms with Gasteiger partial charge in [0, 0.05) is 0 Å². The standard InChI is InChI=1S/C23H29NO2/c1-4-22(23(25)24-17(3)21-12-8-5-9-16(21)2)26-20-14-13-18-10-6-7-11-19(18)15-20/h5,8-9,12-15,17,22H,4,6-7,10-11H2,1-3H3,(H,24,25)/t17-,22+/m1/s1. The molecule has 1 aliphatic rings. The molecule has 2 aromatic rings. The Kier molecular flexibility index (Phi) is 5.97. The van der Waals surface area contributed by atoms with Crippen LogP contribution in [0.3, 0.4) is 0 Å². The maximum absolute atomic E-state index is 12.7. The van der Waals surface area contributed by atoms with Crippen LogP contribution in [0.4, 0.5) is 0 Å². The molecule has 0 heterocycles. The summed E-state index contributed by atoms with van der Waals surface area (Å²) in [6.45, 7) is 6.08. The zero-order chi connectivity index (χ0) is 18.5. The molecule has 0 radical (unpaired) electrons. The highest BCUT2D eigenvalue weighted by Gasteiger charge is 2.22. The SMILES string of the molecule is CC[C@H](Oc1ccc2c(c1)CCCC2)C(=O)N[C@H](C)c1ccccc1C. The van der Waals surface area contributed by atoms with Gasteiger partial charge in [0.2, 0.25) is 0 Å². The van der Waals surface area contributed by atoms with Crippen LogP contribution >= 0.6 is 0 Å². The lowest BCUT2D eigenvalue weighted by Gasteiger charge is -2.23. The normalized spacial score (nSPS) is 15.7. The van der Waals surface area contributed by atoms with Gasteiger partial charge >= 0.3 is 0 Å². The van der Waals surface area contributed by atoms with Crippen molar-refractivity contribution in [3.63, 3.8) is 0 Å². The Morgan fingerprint density at radius 1 is 1.12 bits per heavy atom. The number of carbonyl (C=O) groups is 1. The first kappa shape index (κ1) is 18.5. The number of rotatable bonds is 6. The molecule has 2 aromatic carbocycles. The number of benzene rings is 2. The highest BCUT2D eigenvalue weighted by atomic mass is 16.5. The number of nitrogens with one attached hydrogen (secondary N) is 1. The summed E-state index contributed by atoms with van der Waals surface area (Å²) < 4.78 is 6.05. The summed E-state index contributed by atoms with van der Waals surface area (Å²) in [4.78, 5) is 12.7. The Morgan fingerprint density at radius 3 is 2.58 bits per heavy atom. The molecule has 0 saturated carbocycles. The predicted molar refractivity (Wildman–Crippen MR) is 106 cm³/mol. The zero-order valence-electron chi connectivity index (χ0n) is 16.0. The number of hydrogen-bond acceptors (Lipinski definition) is 2. The molecule has 0 aliphatic heterocycles. The van der Waals surface area contributed by atoms with Gasteiger partial charge in [0.1, 0.15) is 5.75 Å². The van der Waals surface area contributed by atoms with E-state index in [1.807, 2.05) is 32.0 Å². The van der Waals surface area contributed by atoms with Crippen LogP contribution in [0.2, 0.25) is 0 Å². The number of hydrogen-bond donors (Lipinski definition) is 1. The van der Waals surface area contributed by atoms with Crippen molar-refractivity contribution in [2.45, 2.75) is 65.0 Å². The van der Waals surface area contributed by atoms with Crippen molar-refractivity contribution in [2.24, 2.45) is 0 Å².